The van der Waals surface area contributed by atoms with Crippen LogP contribution in [0.4, 0.5) is 5.69 Å². The Kier molecular flexibility index (Phi) is 2.11. The summed E-state index contributed by atoms with van der Waals surface area (Å²) in [4.78, 5) is 4.48. The Balaban J connectivity index is 2.27. The van der Waals surface area contributed by atoms with Gasteiger partial charge in [0.2, 0.25) is 0 Å². The van der Waals surface area contributed by atoms with Crippen LogP contribution in [-0.4, -0.2) is 9.38 Å². The van der Waals surface area contributed by atoms with Crippen molar-refractivity contribution in [1.82, 2.24) is 9.38 Å². The highest BCUT2D eigenvalue weighted by Gasteiger charge is 2.07. The zero-order valence-corrected chi connectivity index (χ0v) is 9.59. The molecule has 0 saturated carbocycles. The molecule has 2 N–H and O–H groups in total. The van der Waals surface area contributed by atoms with E-state index in [0.29, 0.717) is 0 Å². The number of imidazole rings is 1. The molecule has 0 atom stereocenters. The normalized spacial score (nSPS) is 10.9. The first-order valence-corrected chi connectivity index (χ1v) is 5.55. The number of nitrogen functional groups attached to an aromatic ring is 1. The molecule has 0 spiro atoms. The maximum Gasteiger partial charge on any atom is 0.144 e. The summed E-state index contributed by atoms with van der Waals surface area (Å²) >= 11 is 0. The molecule has 0 bridgehead atoms. The van der Waals surface area contributed by atoms with Gasteiger partial charge in [0.1, 0.15) is 5.82 Å². The fourth-order valence-electron chi connectivity index (χ4n) is 2.05. The minimum absolute atomic E-state index is 0.770. The molecule has 0 saturated heterocycles. The summed E-state index contributed by atoms with van der Waals surface area (Å²) in [6.07, 6.45) is 1.89. The predicted molar refractivity (Wildman–Crippen MR) is 69.8 cm³/mol. The van der Waals surface area contributed by atoms with Gasteiger partial charge in [-0.15, -0.1) is 0 Å². The summed E-state index contributed by atoms with van der Waals surface area (Å²) in [6.45, 7) is 2.08. The molecular formula is C14H13N3. The van der Waals surface area contributed by atoms with Gasteiger partial charge < -0.3 is 5.73 Å². The van der Waals surface area contributed by atoms with Crippen molar-refractivity contribution in [3.05, 3.63) is 54.4 Å². The van der Waals surface area contributed by atoms with Crippen molar-refractivity contribution >= 4 is 11.2 Å². The lowest BCUT2D eigenvalue weighted by Gasteiger charge is -2.05. The van der Waals surface area contributed by atoms with Crippen LogP contribution in [0, 0.1) is 6.92 Å². The molecular weight excluding hydrogens is 210 g/mol. The summed E-state index contributed by atoms with van der Waals surface area (Å²) in [5.74, 6) is 0.957. The quantitative estimate of drug-likeness (QED) is 0.644. The molecule has 0 aliphatic heterocycles. The van der Waals surface area contributed by atoms with Gasteiger partial charge in [0.15, 0.2) is 0 Å². The monoisotopic (exact) mass is 223 g/mol. The molecule has 3 nitrogen and oxygen atoms in total. The molecule has 2 aromatic heterocycles. The van der Waals surface area contributed by atoms with Gasteiger partial charge in [-0.05, 0) is 43.3 Å². The molecule has 84 valence electrons. The molecule has 2 heterocycles. The van der Waals surface area contributed by atoms with Crippen molar-refractivity contribution in [1.29, 1.82) is 0 Å². The molecule has 3 heteroatoms. The van der Waals surface area contributed by atoms with E-state index in [0.717, 1.165) is 22.6 Å². The van der Waals surface area contributed by atoms with Crippen molar-refractivity contribution in [2.24, 2.45) is 0 Å². The maximum atomic E-state index is 5.70. The van der Waals surface area contributed by atoms with Crippen LogP contribution in [0.2, 0.25) is 0 Å². The maximum absolute atomic E-state index is 5.70. The second-order valence-corrected chi connectivity index (χ2v) is 4.13. The number of aryl methyl sites for hydroxylation is 1. The third kappa shape index (κ3) is 1.56. The van der Waals surface area contributed by atoms with Crippen molar-refractivity contribution in [3.63, 3.8) is 0 Å². The van der Waals surface area contributed by atoms with Crippen LogP contribution >= 0.6 is 0 Å². The fraction of sp³-hybridized carbons (Fsp3) is 0.0714. The van der Waals surface area contributed by atoms with E-state index in [1.807, 2.05) is 36.5 Å². The van der Waals surface area contributed by atoms with Gasteiger partial charge in [-0.3, -0.25) is 4.40 Å². The Morgan fingerprint density at radius 1 is 1.06 bits per heavy atom. The van der Waals surface area contributed by atoms with Crippen LogP contribution in [0.15, 0.2) is 48.7 Å². The molecule has 0 unspecified atom stereocenters. The largest absolute Gasteiger partial charge is 0.399 e. The van der Waals surface area contributed by atoms with E-state index in [9.17, 15) is 0 Å². The average molecular weight is 223 g/mol. The molecule has 3 rings (SSSR count). The number of hydrogen-bond acceptors (Lipinski definition) is 2. The van der Waals surface area contributed by atoms with Gasteiger partial charge in [0.05, 0.1) is 11.7 Å². The van der Waals surface area contributed by atoms with E-state index in [-0.39, 0.29) is 0 Å². The van der Waals surface area contributed by atoms with E-state index in [4.69, 9.17) is 5.73 Å². The first kappa shape index (κ1) is 9.90. The van der Waals surface area contributed by atoms with Gasteiger partial charge in [0.25, 0.3) is 0 Å². The number of nitrogens with two attached hydrogens (primary N) is 1. The molecule has 1 aromatic carbocycles. The second kappa shape index (κ2) is 3.63. The number of hydrogen-bond donors (Lipinski definition) is 1. The average Bonchev–Trinajstić information content (AvgIpc) is 2.75. The number of aromatic nitrogens is 2. The number of pyridine rings is 1. The molecule has 17 heavy (non-hydrogen) atoms. The first-order valence-electron chi connectivity index (χ1n) is 5.55. The number of fused-ring (bicyclic) bond motifs is 1. The van der Waals surface area contributed by atoms with Crippen LogP contribution in [-0.2, 0) is 0 Å². The second-order valence-electron chi connectivity index (χ2n) is 4.13. The Morgan fingerprint density at radius 2 is 1.82 bits per heavy atom. The minimum atomic E-state index is 0.770. The van der Waals surface area contributed by atoms with E-state index >= 15 is 0 Å². The summed E-state index contributed by atoms with van der Waals surface area (Å²) in [5, 5.41) is 0. The van der Waals surface area contributed by atoms with Gasteiger partial charge in [-0.2, -0.15) is 0 Å². The standard InChI is InChI=1S/C14H13N3/c1-10-3-2-4-13-9-16-14(17(10)13)11-5-7-12(15)8-6-11/h2-9H,15H2,1H3. The molecule has 3 aromatic rings. The Hall–Kier alpha value is -2.29. The van der Waals surface area contributed by atoms with Gasteiger partial charge >= 0.3 is 0 Å². The van der Waals surface area contributed by atoms with E-state index in [1.54, 1.807) is 0 Å². The Bertz CT molecular complexity index is 666. The molecule has 0 aliphatic carbocycles. The Labute approximate surface area is 99.5 Å². The summed E-state index contributed by atoms with van der Waals surface area (Å²) in [7, 11) is 0. The first-order chi connectivity index (χ1) is 8.25. The lowest BCUT2D eigenvalue weighted by atomic mass is 10.2. The summed E-state index contributed by atoms with van der Waals surface area (Å²) < 4.78 is 2.14. The molecule has 0 radical (unpaired) electrons. The van der Waals surface area contributed by atoms with Crippen molar-refractivity contribution in [2.75, 3.05) is 5.73 Å². The number of rotatable bonds is 1. The van der Waals surface area contributed by atoms with Gasteiger partial charge in [0, 0.05) is 16.9 Å². The van der Waals surface area contributed by atoms with Crippen molar-refractivity contribution in [2.45, 2.75) is 6.92 Å². The highest BCUT2D eigenvalue weighted by atomic mass is 15.0. The zero-order valence-electron chi connectivity index (χ0n) is 9.59. The molecule has 0 fully saturated rings. The molecule has 0 amide bonds. The minimum Gasteiger partial charge on any atom is -0.399 e. The lowest BCUT2D eigenvalue weighted by molar-refractivity contribution is 1.08. The smallest absolute Gasteiger partial charge is 0.144 e. The SMILES string of the molecule is Cc1cccc2cnc(-c3ccc(N)cc3)n12. The highest BCUT2D eigenvalue weighted by molar-refractivity contribution is 5.64. The summed E-state index contributed by atoms with van der Waals surface area (Å²) in [5.41, 5.74) is 9.82. The van der Waals surface area contributed by atoms with Crippen LogP contribution in [0.3, 0.4) is 0 Å². The van der Waals surface area contributed by atoms with Crippen LogP contribution in [0.1, 0.15) is 5.69 Å². The third-order valence-corrected chi connectivity index (χ3v) is 2.92. The number of nitrogens with zero attached hydrogens (tertiary/aromatic N) is 2. The van der Waals surface area contributed by atoms with Crippen LogP contribution in [0.25, 0.3) is 16.9 Å². The number of anilines is 1. The fourth-order valence-corrected chi connectivity index (χ4v) is 2.05. The van der Waals surface area contributed by atoms with E-state index in [1.165, 1.54) is 5.69 Å². The van der Waals surface area contributed by atoms with E-state index < -0.39 is 0 Å². The number of benzene rings is 1. The zero-order chi connectivity index (χ0) is 11.8. The van der Waals surface area contributed by atoms with Gasteiger partial charge in [-0.25, -0.2) is 4.98 Å². The highest BCUT2D eigenvalue weighted by Crippen LogP contribution is 2.22. The Morgan fingerprint density at radius 3 is 2.59 bits per heavy atom. The predicted octanol–water partition coefficient (Wildman–Crippen LogP) is 2.89. The van der Waals surface area contributed by atoms with E-state index in [2.05, 4.69) is 28.4 Å². The topological polar surface area (TPSA) is 43.3 Å². The summed E-state index contributed by atoms with van der Waals surface area (Å²) in [6, 6.07) is 14.0. The molecule has 0 aliphatic rings. The van der Waals surface area contributed by atoms with Crippen molar-refractivity contribution < 1.29 is 0 Å². The third-order valence-electron chi connectivity index (χ3n) is 2.92. The van der Waals surface area contributed by atoms with Crippen molar-refractivity contribution in [3.8, 4) is 11.4 Å². The van der Waals surface area contributed by atoms with Gasteiger partial charge in [-0.1, -0.05) is 6.07 Å². The van der Waals surface area contributed by atoms with Crippen LogP contribution in [0.5, 0.6) is 0 Å². The lowest BCUT2D eigenvalue weighted by Crippen LogP contribution is -1.94. The van der Waals surface area contributed by atoms with Crippen LogP contribution < -0.4 is 5.73 Å².